The molecule has 0 saturated carbocycles. The van der Waals surface area contributed by atoms with Gasteiger partial charge in [-0.05, 0) is 79.5 Å². The number of fused-ring (bicyclic) bond motifs is 4. The molecule has 2 aliphatic rings. The van der Waals surface area contributed by atoms with Gasteiger partial charge in [0.25, 0.3) is 0 Å². The van der Waals surface area contributed by atoms with Gasteiger partial charge >= 0.3 is 0 Å². The predicted octanol–water partition coefficient (Wildman–Crippen LogP) is 12.5. The lowest BCUT2D eigenvalue weighted by molar-refractivity contribution is 0.968. The first-order valence-electron chi connectivity index (χ1n) is 26.9. The molecule has 5 nitrogen and oxygen atoms in total. The summed E-state index contributed by atoms with van der Waals surface area (Å²) in [6.07, 6.45) is 0. The summed E-state index contributed by atoms with van der Waals surface area (Å²) in [5, 5.41) is 0. The number of rotatable bonds is 11. The minimum atomic E-state index is 0.0799. The first-order chi connectivity index (χ1) is 38.7. The van der Waals surface area contributed by atoms with Crippen molar-refractivity contribution in [2.75, 3.05) is 9.80 Å². The van der Waals surface area contributed by atoms with Crippen LogP contribution >= 0.6 is 0 Å². The molecule has 0 N–H and O–H groups in total. The van der Waals surface area contributed by atoms with Crippen molar-refractivity contribution in [3.63, 3.8) is 0 Å². The van der Waals surface area contributed by atoms with Gasteiger partial charge in [0.1, 0.15) is 0 Å². The molecule has 366 valence electrons. The Labute approximate surface area is 457 Å². The zero-order chi connectivity index (χ0) is 51.8. The van der Waals surface area contributed by atoms with Crippen molar-refractivity contribution < 1.29 is 0 Å². The lowest BCUT2D eigenvalue weighted by Gasteiger charge is -2.37. The maximum absolute atomic E-state index is 5.70. The smallest absolute Gasteiger partial charge is 0.246 e. The monoisotopic (exact) mass is 995 g/mol. The maximum Gasteiger partial charge on any atom is 0.246 e. The van der Waals surface area contributed by atoms with Gasteiger partial charge < -0.3 is 9.80 Å². The van der Waals surface area contributed by atoms with Gasteiger partial charge in [-0.1, -0.05) is 272 Å². The Balaban J connectivity index is 0.974. The summed E-state index contributed by atoms with van der Waals surface area (Å²) in [4.78, 5) is 21.7. The van der Waals surface area contributed by atoms with Gasteiger partial charge in [0.05, 0.1) is 0 Å². The highest BCUT2D eigenvalue weighted by molar-refractivity contribution is 6.98. The van der Waals surface area contributed by atoms with Crippen LogP contribution in [0, 0.1) is 0 Å². The molecule has 0 amide bonds. The van der Waals surface area contributed by atoms with Crippen molar-refractivity contribution in [2.45, 2.75) is 13.1 Å². The molecule has 0 unspecified atom stereocenters. The molecular formula is C71H51B2N5. The van der Waals surface area contributed by atoms with Crippen LogP contribution in [0.15, 0.2) is 285 Å². The fourth-order valence-electron chi connectivity index (χ4n) is 12.2. The second-order valence-electron chi connectivity index (χ2n) is 20.2. The lowest BCUT2D eigenvalue weighted by Crippen LogP contribution is -2.57. The lowest BCUT2D eigenvalue weighted by atomic mass is 9.35. The summed E-state index contributed by atoms with van der Waals surface area (Å²) < 4.78 is 0. The fourth-order valence-corrected chi connectivity index (χ4v) is 12.2. The van der Waals surface area contributed by atoms with Crippen LogP contribution in [0.3, 0.4) is 0 Å². The van der Waals surface area contributed by atoms with E-state index >= 15 is 0 Å². The van der Waals surface area contributed by atoms with Crippen molar-refractivity contribution in [1.82, 2.24) is 15.0 Å². The zero-order valence-corrected chi connectivity index (χ0v) is 42.9. The first kappa shape index (κ1) is 46.7. The highest BCUT2D eigenvalue weighted by Gasteiger charge is 2.37. The largest absolute Gasteiger partial charge is 0.338 e. The summed E-state index contributed by atoms with van der Waals surface area (Å²) in [6, 6.07) is 103. The van der Waals surface area contributed by atoms with Gasteiger partial charge in [0, 0.05) is 52.5 Å². The van der Waals surface area contributed by atoms with Crippen LogP contribution < -0.4 is 42.6 Å². The van der Waals surface area contributed by atoms with E-state index < -0.39 is 0 Å². The van der Waals surface area contributed by atoms with E-state index in [9.17, 15) is 0 Å². The minimum absolute atomic E-state index is 0.0799. The number of nitrogens with zero attached hydrogens (tertiary/aromatic N) is 5. The van der Waals surface area contributed by atoms with Crippen molar-refractivity contribution in [2.24, 2.45) is 0 Å². The molecule has 3 heterocycles. The molecule has 0 fully saturated rings. The predicted molar refractivity (Wildman–Crippen MR) is 327 cm³/mol. The molecule has 0 aliphatic carbocycles. The normalized spacial score (nSPS) is 12.4. The molecule has 0 saturated heterocycles. The number of benzene rings is 11. The summed E-state index contributed by atoms with van der Waals surface area (Å²) >= 11 is 0. The molecular weight excluding hydrogens is 944 g/mol. The van der Waals surface area contributed by atoms with Gasteiger partial charge in [-0.2, -0.15) is 0 Å². The first-order valence-corrected chi connectivity index (χ1v) is 26.9. The highest BCUT2D eigenvalue weighted by atomic mass is 15.2. The van der Waals surface area contributed by atoms with Gasteiger partial charge in [-0.15, -0.1) is 0 Å². The van der Waals surface area contributed by atoms with Crippen molar-refractivity contribution >= 4 is 69.0 Å². The minimum Gasteiger partial charge on any atom is -0.338 e. The molecule has 0 radical (unpaired) electrons. The van der Waals surface area contributed by atoms with Gasteiger partial charge in [0.15, 0.2) is 17.5 Å². The van der Waals surface area contributed by atoms with Crippen LogP contribution in [0.1, 0.15) is 11.1 Å². The van der Waals surface area contributed by atoms with E-state index in [0.29, 0.717) is 30.6 Å². The average molecular weight is 996 g/mol. The molecule has 78 heavy (non-hydrogen) atoms. The molecule has 11 aromatic carbocycles. The third-order valence-corrected chi connectivity index (χ3v) is 15.7. The zero-order valence-electron chi connectivity index (χ0n) is 42.9. The number of anilines is 4. The second kappa shape index (κ2) is 20.4. The highest BCUT2D eigenvalue weighted by Crippen LogP contribution is 2.41. The topological polar surface area (TPSA) is 45.2 Å². The van der Waals surface area contributed by atoms with Crippen LogP contribution in [0.2, 0.25) is 0 Å². The van der Waals surface area contributed by atoms with E-state index in [1.54, 1.807) is 0 Å². The van der Waals surface area contributed by atoms with Crippen LogP contribution in [0.5, 0.6) is 0 Å². The maximum atomic E-state index is 5.70. The second-order valence-corrected chi connectivity index (χ2v) is 20.2. The summed E-state index contributed by atoms with van der Waals surface area (Å²) in [5.74, 6) is 1.84. The Hall–Kier alpha value is -9.84. The molecule has 14 rings (SSSR count). The van der Waals surface area contributed by atoms with Crippen molar-refractivity contribution in [1.29, 1.82) is 0 Å². The number of hydrogen-bond acceptors (Lipinski definition) is 5. The summed E-state index contributed by atoms with van der Waals surface area (Å²) in [6.45, 7) is 1.28. The van der Waals surface area contributed by atoms with Gasteiger partial charge in [-0.25, -0.2) is 15.0 Å². The molecule has 0 spiro atoms. The van der Waals surface area contributed by atoms with Crippen LogP contribution in [0.25, 0.3) is 56.4 Å². The molecule has 0 atom stereocenters. The standard InChI is InChI=1S/C71H51B2N5/c1-6-26-50(27-7-1)55-36-24-38-57(59(55)48-77-65-44-20-16-40-61(65)72(53-32-12-4-13-33-53)62-41-17-21-45-66(62)77)70-74-69(52-30-10-3-11-31-52)75-71(76-70)58-39-25-37-56(51-28-8-2-9-29-51)60(58)49-78-67-46-22-18-42-63(67)73(54-34-14-5-15-35-54)64-43-19-23-47-68(64)78/h1-47H,48-49H2. The van der Waals surface area contributed by atoms with E-state index in [1.807, 2.05) is 6.07 Å². The quantitative estimate of drug-likeness (QED) is 0.121. The molecule has 0 bridgehead atoms. The molecule has 2 aliphatic heterocycles. The van der Waals surface area contributed by atoms with E-state index in [-0.39, 0.29) is 13.4 Å². The van der Waals surface area contributed by atoms with Crippen LogP contribution in [0.4, 0.5) is 22.7 Å². The molecule has 7 heteroatoms. The van der Waals surface area contributed by atoms with Gasteiger partial charge in [-0.3, -0.25) is 0 Å². The van der Waals surface area contributed by atoms with E-state index in [4.69, 9.17) is 15.0 Å². The SMILES string of the molecule is c1ccc(B2c3ccccc3N(Cc3c(-c4ccccc4)cccc3-c3nc(-c4ccccc4)nc(-c4cccc(-c5ccccc5)c4CN4c5ccccc5B(c5ccccc5)c5ccccc54)n3)c3ccccc32)cc1. The van der Waals surface area contributed by atoms with Crippen molar-refractivity contribution in [3.8, 4) is 56.4 Å². The molecule has 12 aromatic rings. The molecule has 1 aromatic heterocycles. The van der Waals surface area contributed by atoms with Crippen LogP contribution in [-0.4, -0.2) is 28.4 Å². The van der Waals surface area contributed by atoms with Crippen LogP contribution in [-0.2, 0) is 13.1 Å². The number of para-hydroxylation sites is 4. The number of hydrogen-bond donors (Lipinski definition) is 0. The summed E-state index contributed by atoms with van der Waals surface area (Å²) in [7, 11) is 0. The third-order valence-electron chi connectivity index (χ3n) is 15.7. The average Bonchev–Trinajstić information content (AvgIpc) is 3.63. The summed E-state index contributed by atoms with van der Waals surface area (Å²) in [5.41, 5.74) is 21.9. The Morgan fingerprint density at radius 3 is 0.885 bits per heavy atom. The fraction of sp³-hybridized carbons (Fsp3) is 0.0282. The van der Waals surface area contributed by atoms with E-state index in [2.05, 4.69) is 289 Å². The number of aromatic nitrogens is 3. The van der Waals surface area contributed by atoms with E-state index in [1.165, 1.54) is 55.5 Å². The Bertz CT molecular complexity index is 3780. The Morgan fingerprint density at radius 1 is 0.244 bits per heavy atom. The van der Waals surface area contributed by atoms with E-state index in [0.717, 1.165) is 50.1 Å². The van der Waals surface area contributed by atoms with Crippen molar-refractivity contribution in [3.05, 3.63) is 296 Å². The Morgan fingerprint density at radius 2 is 0.526 bits per heavy atom. The third kappa shape index (κ3) is 8.47. The van der Waals surface area contributed by atoms with Gasteiger partial charge in [0.2, 0.25) is 13.4 Å². The Kier molecular flexibility index (Phi) is 12.2.